The van der Waals surface area contributed by atoms with Crippen LogP contribution in [0.3, 0.4) is 0 Å². The van der Waals surface area contributed by atoms with Gasteiger partial charge in [-0.15, -0.1) is 0 Å². The summed E-state index contributed by atoms with van der Waals surface area (Å²) in [4.78, 5) is 25.5. The monoisotopic (exact) mass is 326 g/mol. The van der Waals surface area contributed by atoms with Gasteiger partial charge in [-0.25, -0.2) is 4.79 Å². The molecular formula is C18H18N2O4. The van der Waals surface area contributed by atoms with Crippen LogP contribution in [0.2, 0.25) is 0 Å². The van der Waals surface area contributed by atoms with Crippen molar-refractivity contribution in [3.8, 4) is 5.75 Å². The van der Waals surface area contributed by atoms with Crippen LogP contribution in [0.5, 0.6) is 5.75 Å². The van der Waals surface area contributed by atoms with Gasteiger partial charge in [-0.2, -0.15) is 0 Å². The third-order valence-corrected chi connectivity index (χ3v) is 3.64. The summed E-state index contributed by atoms with van der Waals surface area (Å²) in [6, 6.07) is 14.1. The average molecular weight is 326 g/mol. The van der Waals surface area contributed by atoms with E-state index >= 15 is 0 Å². The summed E-state index contributed by atoms with van der Waals surface area (Å²) >= 11 is 0. The summed E-state index contributed by atoms with van der Waals surface area (Å²) < 4.78 is 10.4. The van der Waals surface area contributed by atoms with E-state index in [1.807, 2.05) is 19.1 Å². The van der Waals surface area contributed by atoms with Crippen molar-refractivity contribution in [3.05, 3.63) is 54.1 Å². The van der Waals surface area contributed by atoms with Gasteiger partial charge in [0.05, 0.1) is 18.8 Å². The summed E-state index contributed by atoms with van der Waals surface area (Å²) in [6.07, 6.45) is -0.363. The zero-order valence-electron chi connectivity index (χ0n) is 13.3. The van der Waals surface area contributed by atoms with Gasteiger partial charge >= 0.3 is 6.09 Å². The molecule has 2 amide bonds. The molecule has 0 aliphatic carbocycles. The molecular weight excluding hydrogens is 308 g/mol. The predicted octanol–water partition coefficient (Wildman–Crippen LogP) is 3.29. The second-order valence-electron chi connectivity index (χ2n) is 5.20. The quantitative estimate of drug-likeness (QED) is 0.915. The Hall–Kier alpha value is -3.02. The van der Waals surface area contributed by atoms with Crippen LogP contribution in [-0.2, 0) is 4.74 Å². The first-order chi connectivity index (χ1) is 11.7. The van der Waals surface area contributed by atoms with Gasteiger partial charge in [-0.1, -0.05) is 12.1 Å². The Labute approximate surface area is 140 Å². The van der Waals surface area contributed by atoms with Gasteiger partial charge < -0.3 is 14.8 Å². The summed E-state index contributed by atoms with van der Waals surface area (Å²) in [5, 5.41) is 2.84. The molecule has 1 saturated heterocycles. The van der Waals surface area contributed by atoms with E-state index in [2.05, 4.69) is 5.32 Å². The highest BCUT2D eigenvalue weighted by atomic mass is 16.6. The molecule has 1 aliphatic rings. The molecule has 2 aromatic carbocycles. The highest BCUT2D eigenvalue weighted by Gasteiger charge is 2.23. The van der Waals surface area contributed by atoms with Crippen molar-refractivity contribution in [2.45, 2.75) is 6.92 Å². The van der Waals surface area contributed by atoms with Crippen LogP contribution in [0.4, 0.5) is 16.2 Å². The minimum Gasteiger partial charge on any atom is -0.492 e. The molecule has 0 spiro atoms. The van der Waals surface area contributed by atoms with Crippen LogP contribution in [0.25, 0.3) is 0 Å². The molecule has 0 aromatic heterocycles. The number of anilines is 2. The van der Waals surface area contributed by atoms with Gasteiger partial charge in [-0.3, -0.25) is 9.69 Å². The minimum absolute atomic E-state index is 0.238. The van der Waals surface area contributed by atoms with Crippen LogP contribution < -0.4 is 15.0 Å². The second-order valence-corrected chi connectivity index (χ2v) is 5.20. The lowest BCUT2D eigenvalue weighted by molar-refractivity contribution is 0.102. The van der Waals surface area contributed by atoms with E-state index in [1.165, 1.54) is 4.90 Å². The summed E-state index contributed by atoms with van der Waals surface area (Å²) in [6.45, 7) is 3.32. The van der Waals surface area contributed by atoms with Crippen LogP contribution in [0.15, 0.2) is 48.5 Å². The van der Waals surface area contributed by atoms with E-state index in [9.17, 15) is 9.59 Å². The minimum atomic E-state index is -0.363. The molecule has 2 aromatic rings. The van der Waals surface area contributed by atoms with Crippen molar-refractivity contribution in [1.29, 1.82) is 0 Å². The predicted molar refractivity (Wildman–Crippen MR) is 90.7 cm³/mol. The molecule has 0 atom stereocenters. The molecule has 0 unspecified atom stereocenters. The van der Waals surface area contributed by atoms with E-state index in [0.29, 0.717) is 42.4 Å². The third kappa shape index (κ3) is 3.32. The van der Waals surface area contributed by atoms with E-state index in [1.54, 1.807) is 36.4 Å². The fourth-order valence-corrected chi connectivity index (χ4v) is 2.47. The maximum atomic E-state index is 12.4. The van der Waals surface area contributed by atoms with Crippen LogP contribution in [0, 0.1) is 0 Å². The van der Waals surface area contributed by atoms with Gasteiger partial charge in [0, 0.05) is 11.3 Å². The van der Waals surface area contributed by atoms with Gasteiger partial charge in [-0.05, 0) is 43.3 Å². The lowest BCUT2D eigenvalue weighted by Gasteiger charge is -2.14. The second kappa shape index (κ2) is 7.04. The van der Waals surface area contributed by atoms with E-state index in [0.717, 1.165) is 0 Å². The highest BCUT2D eigenvalue weighted by molar-refractivity contribution is 6.05. The Kier molecular flexibility index (Phi) is 4.65. The van der Waals surface area contributed by atoms with E-state index in [-0.39, 0.29) is 12.0 Å². The van der Waals surface area contributed by atoms with E-state index in [4.69, 9.17) is 9.47 Å². The van der Waals surface area contributed by atoms with E-state index < -0.39 is 0 Å². The molecule has 0 bridgehead atoms. The normalized spacial score (nSPS) is 13.5. The number of cyclic esters (lactones) is 1. The molecule has 0 saturated carbocycles. The Morgan fingerprint density at radius 3 is 2.62 bits per heavy atom. The zero-order valence-corrected chi connectivity index (χ0v) is 13.3. The standard InChI is InChI=1S/C18H18N2O4/c1-2-23-16-6-4-3-5-15(16)19-17(21)13-7-9-14(10-8-13)20-11-12-24-18(20)22/h3-10H,2,11-12H2,1H3,(H,19,21). The first-order valence-electron chi connectivity index (χ1n) is 7.76. The third-order valence-electron chi connectivity index (χ3n) is 3.64. The summed E-state index contributed by atoms with van der Waals surface area (Å²) in [7, 11) is 0. The number of ether oxygens (including phenoxy) is 2. The molecule has 1 fully saturated rings. The Bertz CT molecular complexity index is 743. The molecule has 1 aliphatic heterocycles. The number of nitrogens with zero attached hydrogens (tertiary/aromatic N) is 1. The van der Waals surface area contributed by atoms with Gasteiger partial charge in [0.2, 0.25) is 0 Å². The Balaban J connectivity index is 1.73. The number of rotatable bonds is 5. The van der Waals surface area contributed by atoms with Crippen LogP contribution in [-0.4, -0.2) is 31.8 Å². The van der Waals surface area contributed by atoms with Gasteiger partial charge in [0.15, 0.2) is 0 Å². The lowest BCUT2D eigenvalue weighted by atomic mass is 10.1. The number of hydrogen-bond donors (Lipinski definition) is 1. The van der Waals surface area contributed by atoms with Crippen molar-refractivity contribution < 1.29 is 19.1 Å². The molecule has 124 valence electrons. The fraction of sp³-hybridized carbons (Fsp3) is 0.222. The first-order valence-corrected chi connectivity index (χ1v) is 7.76. The molecule has 1 heterocycles. The number of carbonyl (C=O) groups is 2. The molecule has 6 nitrogen and oxygen atoms in total. The molecule has 24 heavy (non-hydrogen) atoms. The number of hydrogen-bond acceptors (Lipinski definition) is 4. The summed E-state index contributed by atoms with van der Waals surface area (Å²) in [5.74, 6) is 0.391. The number of benzene rings is 2. The summed E-state index contributed by atoms with van der Waals surface area (Å²) in [5.41, 5.74) is 1.83. The van der Waals surface area contributed by atoms with Crippen molar-refractivity contribution in [2.24, 2.45) is 0 Å². The first kappa shape index (κ1) is 15.9. The zero-order chi connectivity index (χ0) is 16.9. The average Bonchev–Trinajstić information content (AvgIpc) is 3.03. The van der Waals surface area contributed by atoms with Crippen molar-refractivity contribution in [3.63, 3.8) is 0 Å². The number of carbonyl (C=O) groups excluding carboxylic acids is 2. The topological polar surface area (TPSA) is 67.9 Å². The smallest absolute Gasteiger partial charge is 0.414 e. The van der Waals surface area contributed by atoms with Gasteiger partial charge in [0.25, 0.3) is 5.91 Å². The maximum absolute atomic E-state index is 12.4. The van der Waals surface area contributed by atoms with Crippen molar-refractivity contribution in [2.75, 3.05) is 30.0 Å². The van der Waals surface area contributed by atoms with Crippen molar-refractivity contribution >= 4 is 23.4 Å². The highest BCUT2D eigenvalue weighted by Crippen LogP contribution is 2.25. The van der Waals surface area contributed by atoms with Crippen LogP contribution >= 0.6 is 0 Å². The number of para-hydroxylation sites is 2. The lowest BCUT2D eigenvalue weighted by Crippen LogP contribution is -2.23. The van der Waals surface area contributed by atoms with Crippen LogP contribution in [0.1, 0.15) is 17.3 Å². The molecule has 0 radical (unpaired) electrons. The Morgan fingerprint density at radius 2 is 1.96 bits per heavy atom. The number of nitrogens with one attached hydrogen (secondary N) is 1. The SMILES string of the molecule is CCOc1ccccc1NC(=O)c1ccc(N2CCOC2=O)cc1. The largest absolute Gasteiger partial charge is 0.492 e. The molecule has 3 rings (SSSR count). The maximum Gasteiger partial charge on any atom is 0.414 e. The Morgan fingerprint density at radius 1 is 1.21 bits per heavy atom. The van der Waals surface area contributed by atoms with Gasteiger partial charge in [0.1, 0.15) is 12.4 Å². The molecule has 6 heteroatoms. The molecule has 1 N–H and O–H groups in total. The van der Waals surface area contributed by atoms with Crippen molar-refractivity contribution in [1.82, 2.24) is 0 Å². The number of amides is 2. The fourth-order valence-electron chi connectivity index (χ4n) is 2.47.